The highest BCUT2D eigenvalue weighted by Gasteiger charge is 2.26. The summed E-state index contributed by atoms with van der Waals surface area (Å²) in [6, 6.07) is 30.5. The van der Waals surface area contributed by atoms with Crippen LogP contribution in [0.25, 0.3) is 39.5 Å². The topological polar surface area (TPSA) is 126 Å². The predicted molar refractivity (Wildman–Crippen MR) is 171 cm³/mol. The zero-order valence-corrected chi connectivity index (χ0v) is 24.2. The molecule has 2 N–H and O–H groups in total. The number of rotatable bonds is 6. The lowest BCUT2D eigenvalue weighted by Gasteiger charge is -2.39. The molecule has 1 aliphatic heterocycles. The van der Waals surface area contributed by atoms with Gasteiger partial charge in [0.15, 0.2) is 11.5 Å². The van der Waals surface area contributed by atoms with Gasteiger partial charge in [0.1, 0.15) is 23.1 Å². The molecule has 0 aliphatic carbocycles. The lowest BCUT2D eigenvalue weighted by atomic mass is 10.1. The van der Waals surface area contributed by atoms with Crippen molar-refractivity contribution in [3.63, 3.8) is 0 Å². The van der Waals surface area contributed by atoms with E-state index in [1.165, 1.54) is 5.56 Å². The second-order valence-corrected chi connectivity index (χ2v) is 10.9. The molecule has 7 rings (SSSR count). The number of nitriles is 1. The molecule has 2 aromatic carbocycles. The molecule has 0 amide bonds. The average molecular weight is 579 g/mol. The molecular weight excluding hydrogens is 548 g/mol. The molecule has 6 aromatic rings. The van der Waals surface area contributed by atoms with Gasteiger partial charge in [0.05, 0.1) is 11.3 Å². The number of imidazole rings is 1. The summed E-state index contributed by atoms with van der Waals surface area (Å²) in [6.07, 6.45) is 3.33. The average Bonchev–Trinajstić information content (AvgIpc) is 3.44. The van der Waals surface area contributed by atoms with Crippen LogP contribution in [0.4, 0.5) is 11.8 Å². The molecule has 44 heavy (non-hydrogen) atoms. The number of nitrogens with two attached hydrogens (primary N) is 1. The van der Waals surface area contributed by atoms with Crippen molar-refractivity contribution in [2.24, 2.45) is 0 Å². The van der Waals surface area contributed by atoms with Crippen molar-refractivity contribution in [3.05, 3.63) is 109 Å². The number of hydrogen-bond acceptors (Lipinski definition) is 9. The summed E-state index contributed by atoms with van der Waals surface area (Å²) < 4.78 is 2.06. The van der Waals surface area contributed by atoms with Crippen LogP contribution in [0, 0.1) is 11.3 Å². The summed E-state index contributed by atoms with van der Waals surface area (Å²) in [4.78, 5) is 27.8. The van der Waals surface area contributed by atoms with E-state index in [0.29, 0.717) is 23.3 Å². The fourth-order valence-corrected chi connectivity index (χ4v) is 5.79. The zero-order valence-electron chi connectivity index (χ0n) is 24.2. The number of anilines is 2. The second kappa shape index (κ2) is 11.6. The maximum Gasteiger partial charge on any atom is 0.226 e. The highest BCUT2D eigenvalue weighted by atomic mass is 15.3. The molecule has 4 aromatic heterocycles. The minimum atomic E-state index is 0.215. The highest BCUT2D eigenvalue weighted by Crippen LogP contribution is 2.32. The first kappa shape index (κ1) is 27.2. The van der Waals surface area contributed by atoms with Gasteiger partial charge in [-0.15, -0.1) is 0 Å². The van der Waals surface area contributed by atoms with Crippen LogP contribution >= 0.6 is 0 Å². The van der Waals surface area contributed by atoms with Gasteiger partial charge in [-0.25, -0.2) is 24.9 Å². The van der Waals surface area contributed by atoms with E-state index in [4.69, 9.17) is 15.7 Å². The summed E-state index contributed by atoms with van der Waals surface area (Å²) in [5.41, 5.74) is 13.1. The third-order valence-electron chi connectivity index (χ3n) is 7.98. The van der Waals surface area contributed by atoms with Crippen molar-refractivity contribution >= 4 is 22.9 Å². The fraction of sp³-hybridized carbons (Fsp3) is 0.176. The van der Waals surface area contributed by atoms with E-state index < -0.39 is 0 Å². The number of aromatic nitrogens is 6. The van der Waals surface area contributed by atoms with Crippen LogP contribution in [0.1, 0.15) is 18.2 Å². The lowest BCUT2D eigenvalue weighted by molar-refractivity contribution is 0.219. The molecule has 1 unspecified atom stereocenters. The van der Waals surface area contributed by atoms with Crippen LogP contribution in [-0.4, -0.2) is 60.1 Å². The van der Waals surface area contributed by atoms with Gasteiger partial charge in [-0.05, 0) is 55.0 Å². The third kappa shape index (κ3) is 5.21. The molecule has 5 heterocycles. The van der Waals surface area contributed by atoms with Crippen LogP contribution in [-0.2, 0) is 6.54 Å². The number of pyridine rings is 2. The smallest absolute Gasteiger partial charge is 0.226 e. The van der Waals surface area contributed by atoms with Gasteiger partial charge < -0.3 is 10.6 Å². The zero-order chi connectivity index (χ0) is 30.0. The summed E-state index contributed by atoms with van der Waals surface area (Å²) >= 11 is 0. The highest BCUT2D eigenvalue weighted by molar-refractivity contribution is 5.84. The van der Waals surface area contributed by atoms with Crippen LogP contribution in [0.2, 0.25) is 0 Å². The maximum atomic E-state index is 9.23. The van der Waals surface area contributed by atoms with Crippen molar-refractivity contribution in [3.8, 4) is 34.4 Å². The minimum Gasteiger partial charge on any atom is -0.383 e. The number of benzene rings is 2. The number of fused-ring (bicyclic) bond motifs is 1. The van der Waals surface area contributed by atoms with Crippen molar-refractivity contribution in [1.82, 2.24) is 34.4 Å². The number of hydrogen-bond donors (Lipinski definition) is 1. The Bertz CT molecular complexity index is 1980. The summed E-state index contributed by atoms with van der Waals surface area (Å²) in [7, 11) is 0. The molecule has 0 spiro atoms. The number of nitrogen functional groups attached to an aromatic ring is 1. The van der Waals surface area contributed by atoms with Crippen LogP contribution in [0.15, 0.2) is 97.3 Å². The summed E-state index contributed by atoms with van der Waals surface area (Å²) in [5.74, 6) is 1.73. The van der Waals surface area contributed by atoms with Gasteiger partial charge in [-0.1, -0.05) is 42.5 Å². The maximum absolute atomic E-state index is 9.23. The van der Waals surface area contributed by atoms with E-state index in [1.54, 1.807) is 18.5 Å². The first-order valence-corrected chi connectivity index (χ1v) is 14.5. The first-order chi connectivity index (χ1) is 21.6. The van der Waals surface area contributed by atoms with Gasteiger partial charge in [0.25, 0.3) is 0 Å². The van der Waals surface area contributed by atoms with Crippen molar-refractivity contribution in [2.75, 3.05) is 30.3 Å². The van der Waals surface area contributed by atoms with Gasteiger partial charge in [0, 0.05) is 55.9 Å². The SMILES string of the molecule is CC1CN(Cc2ccc(-n3c(-c4cccnc4N)nc4ccc(-c5ccccc5)nc43)cc2)CCN1c1nccc(C#N)n1. The van der Waals surface area contributed by atoms with E-state index in [9.17, 15) is 5.26 Å². The Balaban J connectivity index is 1.18. The standard InChI is InChI=1S/C34H30N10/c1-23-21-42(18-19-43(23)34-38-17-15-26(20-35)39-34)22-24-9-11-27(12-10-24)44-32(28-8-5-16-37-31(28)36)41-30-14-13-29(40-33(30)44)25-6-3-2-4-7-25/h2-17,23H,18-19,21-22H2,1H3,(H2,36,37). The summed E-state index contributed by atoms with van der Waals surface area (Å²) in [5, 5.41) is 9.23. The van der Waals surface area contributed by atoms with Gasteiger partial charge in [-0.3, -0.25) is 9.47 Å². The Kier molecular flexibility index (Phi) is 7.14. The van der Waals surface area contributed by atoms with Crippen LogP contribution in [0.3, 0.4) is 0 Å². The number of piperazine rings is 1. The molecule has 216 valence electrons. The molecule has 1 saturated heterocycles. The van der Waals surface area contributed by atoms with Gasteiger partial charge in [0.2, 0.25) is 5.95 Å². The molecule has 10 nitrogen and oxygen atoms in total. The van der Waals surface area contributed by atoms with Crippen molar-refractivity contribution in [1.29, 1.82) is 5.26 Å². The monoisotopic (exact) mass is 578 g/mol. The third-order valence-corrected chi connectivity index (χ3v) is 7.98. The normalized spacial score (nSPS) is 15.4. The Morgan fingerprint density at radius 2 is 1.70 bits per heavy atom. The van der Waals surface area contributed by atoms with E-state index in [1.807, 2.05) is 42.5 Å². The molecular formula is C34H30N10. The van der Waals surface area contributed by atoms with E-state index >= 15 is 0 Å². The molecule has 0 saturated carbocycles. The molecule has 1 atom stereocenters. The number of nitrogens with zero attached hydrogens (tertiary/aromatic N) is 9. The van der Waals surface area contributed by atoms with Crippen LogP contribution in [0.5, 0.6) is 0 Å². The molecule has 0 bridgehead atoms. The summed E-state index contributed by atoms with van der Waals surface area (Å²) in [6.45, 7) is 5.52. The van der Waals surface area contributed by atoms with E-state index in [2.05, 4.69) is 78.7 Å². The molecule has 0 radical (unpaired) electrons. The van der Waals surface area contributed by atoms with Crippen molar-refractivity contribution in [2.45, 2.75) is 19.5 Å². The second-order valence-electron chi connectivity index (χ2n) is 10.9. The van der Waals surface area contributed by atoms with Gasteiger partial charge >= 0.3 is 0 Å². The van der Waals surface area contributed by atoms with Crippen molar-refractivity contribution < 1.29 is 0 Å². The Labute approximate surface area is 255 Å². The molecule has 1 aliphatic rings. The van der Waals surface area contributed by atoms with Crippen LogP contribution < -0.4 is 10.6 Å². The molecule has 10 heteroatoms. The predicted octanol–water partition coefficient (Wildman–Crippen LogP) is 5.10. The Morgan fingerprint density at radius 3 is 2.48 bits per heavy atom. The van der Waals surface area contributed by atoms with E-state index in [0.717, 1.165) is 59.9 Å². The largest absolute Gasteiger partial charge is 0.383 e. The Hall–Kier alpha value is -5.66. The Morgan fingerprint density at radius 1 is 0.864 bits per heavy atom. The lowest BCUT2D eigenvalue weighted by Crippen LogP contribution is -2.52. The first-order valence-electron chi connectivity index (χ1n) is 14.5. The fourth-order valence-electron chi connectivity index (χ4n) is 5.79. The quantitative estimate of drug-likeness (QED) is 0.287. The molecule has 1 fully saturated rings. The van der Waals surface area contributed by atoms with E-state index in [-0.39, 0.29) is 6.04 Å². The van der Waals surface area contributed by atoms with Gasteiger partial charge in [-0.2, -0.15) is 5.26 Å². The minimum absolute atomic E-state index is 0.215.